The minimum atomic E-state index is -0.425. The van der Waals surface area contributed by atoms with Crippen LogP contribution in [-0.2, 0) is 0 Å². The molecule has 2 nitrogen and oxygen atoms in total. The molecule has 1 atom stereocenters. The number of benzene rings is 1. The summed E-state index contributed by atoms with van der Waals surface area (Å²) in [5.74, 6) is -0.247. The summed E-state index contributed by atoms with van der Waals surface area (Å²) in [4.78, 5) is 0.879. The highest BCUT2D eigenvalue weighted by molar-refractivity contribution is 9.10. The third-order valence-corrected chi connectivity index (χ3v) is 4.11. The molecule has 2 rings (SSSR count). The van der Waals surface area contributed by atoms with Gasteiger partial charge in [-0.05, 0) is 30.3 Å². The monoisotopic (exact) mass is 349 g/mol. The van der Waals surface area contributed by atoms with Crippen LogP contribution in [0.15, 0.2) is 34.8 Å². The van der Waals surface area contributed by atoms with E-state index in [1.165, 1.54) is 17.4 Å². The van der Waals surface area contributed by atoms with Gasteiger partial charge in [-0.15, -0.1) is 11.3 Å². The zero-order valence-corrected chi connectivity index (χ0v) is 12.4. The molecule has 18 heavy (non-hydrogen) atoms. The molecule has 1 aromatic carbocycles. The van der Waals surface area contributed by atoms with Gasteiger partial charge >= 0.3 is 0 Å². The predicted octanol–water partition coefficient (Wildman–Crippen LogP) is 4.38. The van der Waals surface area contributed by atoms with Gasteiger partial charge < -0.3 is 10.5 Å². The number of nitrogens with two attached hydrogens (primary N) is 1. The molecule has 1 aromatic heterocycles. The molecule has 0 bridgehead atoms. The summed E-state index contributed by atoms with van der Waals surface area (Å²) in [7, 11) is 0. The Morgan fingerprint density at radius 3 is 2.72 bits per heavy atom. The maximum absolute atomic E-state index is 13.6. The van der Waals surface area contributed by atoms with Crippen LogP contribution in [0, 0.1) is 5.82 Å². The van der Waals surface area contributed by atoms with E-state index in [4.69, 9.17) is 22.1 Å². The molecular formula is C12H10BrClFNOS. The number of thiophene rings is 1. The molecule has 0 saturated carbocycles. The van der Waals surface area contributed by atoms with Crippen LogP contribution in [0.2, 0.25) is 4.34 Å². The molecule has 0 fully saturated rings. The second kappa shape index (κ2) is 6.02. The summed E-state index contributed by atoms with van der Waals surface area (Å²) in [5, 5.41) is 0. The van der Waals surface area contributed by atoms with Crippen LogP contribution in [0.1, 0.15) is 11.0 Å². The highest BCUT2D eigenvalue weighted by atomic mass is 79.9. The summed E-state index contributed by atoms with van der Waals surface area (Å²) in [6.07, 6.45) is -0.391. The van der Waals surface area contributed by atoms with E-state index in [-0.39, 0.29) is 12.3 Å². The first-order chi connectivity index (χ1) is 8.60. The second-order valence-corrected chi connectivity index (χ2v) is 6.22. The molecule has 1 heterocycles. The topological polar surface area (TPSA) is 35.2 Å². The maximum Gasteiger partial charge on any atom is 0.166 e. The van der Waals surface area contributed by atoms with Gasteiger partial charge in [0.2, 0.25) is 0 Å². The van der Waals surface area contributed by atoms with Gasteiger partial charge in [-0.25, -0.2) is 4.39 Å². The van der Waals surface area contributed by atoms with Crippen molar-refractivity contribution in [1.29, 1.82) is 0 Å². The van der Waals surface area contributed by atoms with Gasteiger partial charge in [-0.2, -0.15) is 0 Å². The molecule has 0 aliphatic rings. The molecule has 2 aromatic rings. The smallest absolute Gasteiger partial charge is 0.166 e. The number of ether oxygens (including phenoxy) is 1. The SMILES string of the molecule is NCC(Oc1ccc(Br)cc1F)c1ccc(Cl)s1. The Morgan fingerprint density at radius 1 is 1.39 bits per heavy atom. The molecule has 0 radical (unpaired) electrons. The maximum atomic E-state index is 13.6. The van der Waals surface area contributed by atoms with Crippen LogP contribution in [0.4, 0.5) is 4.39 Å². The van der Waals surface area contributed by atoms with Gasteiger partial charge in [-0.1, -0.05) is 27.5 Å². The largest absolute Gasteiger partial charge is 0.480 e. The molecule has 96 valence electrons. The predicted molar refractivity (Wildman–Crippen MR) is 75.9 cm³/mol. The minimum Gasteiger partial charge on any atom is -0.480 e. The van der Waals surface area contributed by atoms with Crippen molar-refractivity contribution in [2.24, 2.45) is 5.73 Å². The Morgan fingerprint density at radius 2 is 2.17 bits per heavy atom. The molecule has 6 heteroatoms. The summed E-state index contributed by atoms with van der Waals surface area (Å²) in [6, 6.07) is 8.24. The molecule has 0 aliphatic heterocycles. The van der Waals surface area contributed by atoms with Gasteiger partial charge in [0.05, 0.1) is 4.34 Å². The van der Waals surface area contributed by atoms with Crippen molar-refractivity contribution in [2.45, 2.75) is 6.10 Å². The molecule has 0 amide bonds. The van der Waals surface area contributed by atoms with E-state index in [0.717, 1.165) is 4.88 Å². The lowest BCUT2D eigenvalue weighted by Crippen LogP contribution is -2.17. The van der Waals surface area contributed by atoms with Crippen molar-refractivity contribution in [3.05, 3.63) is 49.8 Å². The Kier molecular flexibility index (Phi) is 4.61. The molecule has 0 spiro atoms. The quantitative estimate of drug-likeness (QED) is 0.888. The average Bonchev–Trinajstić information content (AvgIpc) is 2.75. The number of hydrogen-bond donors (Lipinski definition) is 1. The molecule has 1 unspecified atom stereocenters. The number of rotatable bonds is 4. The van der Waals surface area contributed by atoms with E-state index in [9.17, 15) is 4.39 Å². The minimum absolute atomic E-state index is 0.179. The fourth-order valence-electron chi connectivity index (χ4n) is 1.45. The number of halogens is 3. The first-order valence-electron chi connectivity index (χ1n) is 5.17. The van der Waals surface area contributed by atoms with Crippen LogP contribution in [0.25, 0.3) is 0 Å². The Labute approximate surface area is 122 Å². The average molecular weight is 351 g/mol. The van der Waals surface area contributed by atoms with Crippen molar-refractivity contribution in [3.8, 4) is 5.75 Å². The van der Waals surface area contributed by atoms with E-state index < -0.39 is 11.9 Å². The first kappa shape index (κ1) is 13.8. The molecule has 2 N–H and O–H groups in total. The highest BCUT2D eigenvalue weighted by Gasteiger charge is 2.16. The van der Waals surface area contributed by atoms with Gasteiger partial charge in [0.15, 0.2) is 11.6 Å². The Balaban J connectivity index is 2.20. The molecule has 0 saturated heterocycles. The van der Waals surface area contributed by atoms with Gasteiger partial charge in [0, 0.05) is 15.9 Å². The van der Waals surface area contributed by atoms with Crippen molar-refractivity contribution in [1.82, 2.24) is 0 Å². The fraction of sp³-hybridized carbons (Fsp3) is 0.167. The Bertz CT molecular complexity index is 549. The van der Waals surface area contributed by atoms with E-state index >= 15 is 0 Å². The summed E-state index contributed by atoms with van der Waals surface area (Å²) in [6.45, 7) is 0.256. The van der Waals surface area contributed by atoms with Gasteiger partial charge in [0.25, 0.3) is 0 Å². The summed E-state index contributed by atoms with van der Waals surface area (Å²) in [5.41, 5.74) is 5.65. The number of hydrogen-bond acceptors (Lipinski definition) is 3. The van der Waals surface area contributed by atoms with E-state index in [0.29, 0.717) is 8.81 Å². The summed E-state index contributed by atoms with van der Waals surface area (Å²) < 4.78 is 20.5. The van der Waals surface area contributed by atoms with Crippen LogP contribution < -0.4 is 10.5 Å². The highest BCUT2D eigenvalue weighted by Crippen LogP contribution is 2.31. The van der Waals surface area contributed by atoms with Crippen LogP contribution in [-0.4, -0.2) is 6.54 Å². The second-order valence-electron chi connectivity index (χ2n) is 3.56. The van der Waals surface area contributed by atoms with Crippen LogP contribution in [0.5, 0.6) is 5.75 Å². The summed E-state index contributed by atoms with van der Waals surface area (Å²) >= 11 is 10.4. The first-order valence-corrected chi connectivity index (χ1v) is 7.16. The van der Waals surface area contributed by atoms with Crippen LogP contribution >= 0.6 is 38.9 Å². The molecular weight excluding hydrogens is 341 g/mol. The van der Waals surface area contributed by atoms with E-state index in [1.807, 2.05) is 6.07 Å². The fourth-order valence-corrected chi connectivity index (χ4v) is 2.88. The van der Waals surface area contributed by atoms with Crippen LogP contribution in [0.3, 0.4) is 0 Å². The lowest BCUT2D eigenvalue weighted by Gasteiger charge is -2.16. The van der Waals surface area contributed by atoms with Crippen molar-refractivity contribution in [2.75, 3.05) is 6.54 Å². The normalized spacial score (nSPS) is 12.4. The third-order valence-electron chi connectivity index (χ3n) is 2.29. The van der Waals surface area contributed by atoms with Crippen molar-refractivity contribution < 1.29 is 9.13 Å². The lowest BCUT2D eigenvalue weighted by atomic mass is 10.2. The van der Waals surface area contributed by atoms with Gasteiger partial charge in [-0.3, -0.25) is 0 Å². The molecule has 0 aliphatic carbocycles. The van der Waals surface area contributed by atoms with E-state index in [1.54, 1.807) is 18.2 Å². The lowest BCUT2D eigenvalue weighted by molar-refractivity contribution is 0.208. The zero-order chi connectivity index (χ0) is 13.1. The third kappa shape index (κ3) is 3.23. The van der Waals surface area contributed by atoms with Gasteiger partial charge in [0.1, 0.15) is 6.10 Å². The van der Waals surface area contributed by atoms with E-state index in [2.05, 4.69) is 15.9 Å². The van der Waals surface area contributed by atoms with Crippen molar-refractivity contribution in [3.63, 3.8) is 0 Å². The standard InChI is InChI=1S/C12H10BrClFNOS/c13-7-1-2-9(8(15)5-7)17-10(6-16)11-3-4-12(14)18-11/h1-5,10H,6,16H2. The van der Waals surface area contributed by atoms with Crippen molar-refractivity contribution >= 4 is 38.9 Å². The Hall–Kier alpha value is -0.620. The zero-order valence-electron chi connectivity index (χ0n) is 9.20.